The summed E-state index contributed by atoms with van der Waals surface area (Å²) in [5.41, 5.74) is 2.41. The summed E-state index contributed by atoms with van der Waals surface area (Å²) in [5, 5.41) is 8.32. The average Bonchev–Trinajstić information content (AvgIpc) is 3.53. The number of rotatable bonds is 6. The van der Waals surface area contributed by atoms with Crippen molar-refractivity contribution in [2.75, 3.05) is 7.11 Å². The summed E-state index contributed by atoms with van der Waals surface area (Å²) < 4.78 is 6.96. The molecule has 5 heteroatoms. The summed E-state index contributed by atoms with van der Waals surface area (Å²) in [6.45, 7) is 0.870. The molecule has 4 rings (SSSR count). The summed E-state index contributed by atoms with van der Waals surface area (Å²) in [6, 6.07) is 12.6. The molecule has 0 saturated heterocycles. The zero-order valence-corrected chi connectivity index (χ0v) is 15.4. The number of ether oxygens (including phenoxy) is 1. The molecule has 2 saturated carbocycles. The van der Waals surface area contributed by atoms with Crippen LogP contribution in [0, 0.1) is 0 Å². The van der Waals surface area contributed by atoms with Gasteiger partial charge in [-0.15, -0.1) is 0 Å². The van der Waals surface area contributed by atoms with Crippen LogP contribution in [0.5, 0.6) is 5.75 Å². The average molecular weight is 353 g/mol. The Hall–Kier alpha value is -2.14. The fourth-order valence-corrected chi connectivity index (χ4v) is 3.83. The molecule has 0 spiro atoms. The van der Waals surface area contributed by atoms with Crippen molar-refractivity contribution in [1.82, 2.24) is 15.1 Å². The lowest BCUT2D eigenvalue weighted by Crippen LogP contribution is -2.36. The van der Waals surface area contributed by atoms with Crippen LogP contribution in [-0.2, 0) is 6.54 Å². The Labute approximate surface area is 154 Å². The molecular weight excluding hydrogens is 326 g/mol. The second kappa shape index (κ2) is 7.62. The van der Waals surface area contributed by atoms with Gasteiger partial charge < -0.3 is 10.1 Å². The molecule has 0 aliphatic heterocycles. The Morgan fingerprint density at radius 3 is 2.42 bits per heavy atom. The molecule has 2 fully saturated rings. The van der Waals surface area contributed by atoms with Gasteiger partial charge in [-0.3, -0.25) is 4.79 Å². The van der Waals surface area contributed by atoms with Crippen LogP contribution >= 0.6 is 0 Å². The van der Waals surface area contributed by atoms with Gasteiger partial charge in [-0.2, -0.15) is 5.10 Å². The molecule has 0 atom stereocenters. The number of nitrogens with zero attached hydrogens (tertiary/aromatic N) is 2. The lowest BCUT2D eigenvalue weighted by atomic mass is 9.91. The van der Waals surface area contributed by atoms with E-state index in [9.17, 15) is 4.79 Å². The molecule has 1 aromatic carbocycles. The van der Waals surface area contributed by atoms with E-state index in [2.05, 4.69) is 22.5 Å². The van der Waals surface area contributed by atoms with Gasteiger partial charge in [-0.1, -0.05) is 12.1 Å². The number of methoxy groups -OCH3 is 1. The van der Waals surface area contributed by atoms with Gasteiger partial charge >= 0.3 is 0 Å². The van der Waals surface area contributed by atoms with E-state index in [1.165, 1.54) is 18.4 Å². The highest BCUT2D eigenvalue weighted by Crippen LogP contribution is 2.38. The standard InChI is InChI=1S/C21H27N3O2/c1-26-19-10-2-15(3-11-19)14-22-17-6-8-18(9-7-17)24-21(25)13-12-20(23-24)16-4-5-16/h2-3,10-13,16-18,22H,4-9,14H2,1H3. The molecule has 0 unspecified atom stereocenters. The van der Waals surface area contributed by atoms with Crippen LogP contribution in [0.3, 0.4) is 0 Å². The van der Waals surface area contributed by atoms with Crippen LogP contribution < -0.4 is 15.6 Å². The lowest BCUT2D eigenvalue weighted by molar-refractivity contribution is 0.267. The first-order chi connectivity index (χ1) is 12.7. The van der Waals surface area contributed by atoms with E-state index in [0.717, 1.165) is 43.7 Å². The maximum atomic E-state index is 12.2. The zero-order valence-electron chi connectivity index (χ0n) is 15.4. The van der Waals surface area contributed by atoms with Crippen molar-refractivity contribution in [2.45, 2.75) is 63.1 Å². The van der Waals surface area contributed by atoms with Gasteiger partial charge in [0.15, 0.2) is 0 Å². The predicted molar refractivity (Wildman–Crippen MR) is 102 cm³/mol. The molecule has 26 heavy (non-hydrogen) atoms. The molecular formula is C21H27N3O2. The summed E-state index contributed by atoms with van der Waals surface area (Å²) in [7, 11) is 1.69. The van der Waals surface area contributed by atoms with Crippen LogP contribution in [0.4, 0.5) is 0 Å². The first-order valence-corrected chi connectivity index (χ1v) is 9.69. The van der Waals surface area contributed by atoms with Crippen molar-refractivity contribution in [3.63, 3.8) is 0 Å². The monoisotopic (exact) mass is 353 g/mol. The van der Waals surface area contributed by atoms with Gasteiger partial charge in [0.1, 0.15) is 5.75 Å². The molecule has 0 amide bonds. The minimum atomic E-state index is 0.0454. The smallest absolute Gasteiger partial charge is 0.267 e. The van der Waals surface area contributed by atoms with Gasteiger partial charge in [0, 0.05) is 24.6 Å². The van der Waals surface area contributed by atoms with E-state index in [-0.39, 0.29) is 11.6 Å². The first-order valence-electron chi connectivity index (χ1n) is 9.69. The summed E-state index contributed by atoms with van der Waals surface area (Å²) in [6.07, 6.45) is 6.63. The second-order valence-electron chi connectivity index (χ2n) is 7.55. The Morgan fingerprint density at radius 1 is 1.04 bits per heavy atom. The highest BCUT2D eigenvalue weighted by molar-refractivity contribution is 5.27. The minimum absolute atomic E-state index is 0.0454. The fraction of sp³-hybridized carbons (Fsp3) is 0.524. The van der Waals surface area contributed by atoms with Crippen LogP contribution in [0.25, 0.3) is 0 Å². The van der Waals surface area contributed by atoms with Crippen molar-refractivity contribution in [3.8, 4) is 5.75 Å². The number of hydrogen-bond acceptors (Lipinski definition) is 4. The van der Waals surface area contributed by atoms with Gasteiger partial charge in [0.25, 0.3) is 5.56 Å². The number of benzene rings is 1. The molecule has 2 aromatic rings. The van der Waals surface area contributed by atoms with Gasteiger partial charge in [-0.05, 0) is 62.3 Å². The van der Waals surface area contributed by atoms with E-state index in [0.29, 0.717) is 12.0 Å². The van der Waals surface area contributed by atoms with Crippen LogP contribution in [0.1, 0.15) is 61.7 Å². The Balaban J connectivity index is 1.31. The predicted octanol–water partition coefficient (Wildman–Crippen LogP) is 3.40. The topological polar surface area (TPSA) is 56.1 Å². The number of aromatic nitrogens is 2. The third kappa shape index (κ3) is 3.98. The molecule has 2 aliphatic carbocycles. The Kier molecular flexibility index (Phi) is 5.07. The van der Waals surface area contributed by atoms with E-state index in [1.54, 1.807) is 17.9 Å². The van der Waals surface area contributed by atoms with Gasteiger partial charge in [-0.25, -0.2) is 4.68 Å². The Morgan fingerprint density at radius 2 is 1.77 bits per heavy atom. The van der Waals surface area contributed by atoms with Crippen LogP contribution in [0.2, 0.25) is 0 Å². The zero-order chi connectivity index (χ0) is 17.9. The largest absolute Gasteiger partial charge is 0.497 e. The maximum absolute atomic E-state index is 12.2. The van der Waals surface area contributed by atoms with Crippen molar-refractivity contribution >= 4 is 0 Å². The van der Waals surface area contributed by atoms with Gasteiger partial charge in [0.05, 0.1) is 18.8 Å². The summed E-state index contributed by atoms with van der Waals surface area (Å²) in [5.74, 6) is 1.48. The third-order valence-electron chi connectivity index (χ3n) is 5.64. The molecule has 2 aliphatic rings. The van der Waals surface area contributed by atoms with E-state index >= 15 is 0 Å². The molecule has 5 nitrogen and oxygen atoms in total. The SMILES string of the molecule is COc1ccc(CNC2CCC(n3nc(C4CC4)ccc3=O)CC2)cc1. The molecule has 0 bridgehead atoms. The summed E-state index contributed by atoms with van der Waals surface area (Å²) in [4.78, 5) is 12.2. The maximum Gasteiger partial charge on any atom is 0.267 e. The van der Waals surface area contributed by atoms with Crippen molar-refractivity contribution < 1.29 is 4.74 Å². The quantitative estimate of drug-likeness (QED) is 0.865. The first kappa shape index (κ1) is 17.3. The van der Waals surface area contributed by atoms with Crippen molar-refractivity contribution in [2.24, 2.45) is 0 Å². The molecule has 1 aromatic heterocycles. The van der Waals surface area contributed by atoms with Gasteiger partial charge in [0.2, 0.25) is 0 Å². The third-order valence-corrected chi connectivity index (χ3v) is 5.64. The highest BCUT2D eigenvalue weighted by Gasteiger charge is 2.28. The van der Waals surface area contributed by atoms with Crippen molar-refractivity contribution in [3.05, 3.63) is 58.0 Å². The van der Waals surface area contributed by atoms with E-state index in [1.807, 2.05) is 18.2 Å². The fourth-order valence-electron chi connectivity index (χ4n) is 3.83. The van der Waals surface area contributed by atoms with Crippen LogP contribution in [0.15, 0.2) is 41.2 Å². The molecule has 1 N–H and O–H groups in total. The Bertz CT molecular complexity index is 788. The van der Waals surface area contributed by atoms with E-state index < -0.39 is 0 Å². The molecule has 1 heterocycles. The molecule has 138 valence electrons. The van der Waals surface area contributed by atoms with E-state index in [4.69, 9.17) is 4.74 Å². The molecule has 0 radical (unpaired) electrons. The number of nitrogens with one attached hydrogen (secondary N) is 1. The van der Waals surface area contributed by atoms with Crippen molar-refractivity contribution in [1.29, 1.82) is 0 Å². The summed E-state index contributed by atoms with van der Waals surface area (Å²) >= 11 is 0. The minimum Gasteiger partial charge on any atom is -0.497 e. The van der Waals surface area contributed by atoms with Crippen LogP contribution in [-0.4, -0.2) is 22.9 Å². The normalized spacial score (nSPS) is 23.0. The second-order valence-corrected chi connectivity index (χ2v) is 7.55. The lowest BCUT2D eigenvalue weighted by Gasteiger charge is -2.30. The highest BCUT2D eigenvalue weighted by atomic mass is 16.5. The number of hydrogen-bond donors (Lipinski definition) is 1.